The molecule has 0 bridgehead atoms. The van der Waals surface area contributed by atoms with Gasteiger partial charge in [-0.15, -0.1) is 24.0 Å². The van der Waals surface area contributed by atoms with Crippen LogP contribution in [0.15, 0.2) is 46.0 Å². The third-order valence-corrected chi connectivity index (χ3v) is 4.63. The lowest BCUT2D eigenvalue weighted by Crippen LogP contribution is -2.53. The molecule has 1 aromatic heterocycles. The molecule has 0 atom stereocenters. The van der Waals surface area contributed by atoms with Crippen LogP contribution in [0.3, 0.4) is 0 Å². The van der Waals surface area contributed by atoms with E-state index in [1.807, 2.05) is 6.92 Å². The van der Waals surface area contributed by atoms with Gasteiger partial charge in [-0.25, -0.2) is 9.38 Å². The third kappa shape index (κ3) is 5.92. The number of aliphatic hydroxyl groups is 1. The Kier molecular flexibility index (Phi) is 8.90. The standard InChI is InChI=1S/C20H25FN4O3.HI/c1-2-22-20(23-13-15-5-6-17(21)16(12-15)14-26)25-9-7-24(8-10-25)19(27)18-4-3-11-28-18;/h3-6,11-12,26H,2,7-10,13-14H2,1H3,(H,22,23);1H. The highest BCUT2D eigenvalue weighted by atomic mass is 127. The number of nitrogens with one attached hydrogen (secondary N) is 1. The Morgan fingerprint density at radius 1 is 1.24 bits per heavy atom. The van der Waals surface area contributed by atoms with Crippen LogP contribution in [-0.2, 0) is 13.2 Å². The molecule has 0 unspecified atom stereocenters. The van der Waals surface area contributed by atoms with E-state index in [1.165, 1.54) is 12.3 Å². The number of benzene rings is 1. The Balaban J connectivity index is 0.00000300. The van der Waals surface area contributed by atoms with Crippen molar-refractivity contribution in [3.63, 3.8) is 0 Å². The molecule has 1 aromatic carbocycles. The molecule has 3 rings (SSSR count). The highest BCUT2D eigenvalue weighted by Gasteiger charge is 2.25. The zero-order valence-electron chi connectivity index (χ0n) is 16.3. The summed E-state index contributed by atoms with van der Waals surface area (Å²) in [7, 11) is 0. The van der Waals surface area contributed by atoms with Crippen LogP contribution in [0.2, 0.25) is 0 Å². The minimum atomic E-state index is -0.417. The molecule has 0 spiro atoms. The summed E-state index contributed by atoms with van der Waals surface area (Å²) >= 11 is 0. The number of amides is 1. The van der Waals surface area contributed by atoms with Crippen molar-refractivity contribution in [3.8, 4) is 0 Å². The summed E-state index contributed by atoms with van der Waals surface area (Å²) in [6.07, 6.45) is 1.50. The van der Waals surface area contributed by atoms with E-state index in [9.17, 15) is 14.3 Å². The van der Waals surface area contributed by atoms with Crippen molar-refractivity contribution in [2.45, 2.75) is 20.1 Å². The number of rotatable bonds is 5. The van der Waals surface area contributed by atoms with Crippen LogP contribution >= 0.6 is 24.0 Å². The van der Waals surface area contributed by atoms with Crippen LogP contribution in [0, 0.1) is 5.82 Å². The number of piperazine rings is 1. The average Bonchev–Trinajstić information content (AvgIpc) is 3.26. The van der Waals surface area contributed by atoms with Gasteiger partial charge in [-0.1, -0.05) is 6.07 Å². The highest BCUT2D eigenvalue weighted by Crippen LogP contribution is 2.13. The van der Waals surface area contributed by atoms with Gasteiger partial charge in [0.15, 0.2) is 11.7 Å². The van der Waals surface area contributed by atoms with Gasteiger partial charge in [-0.3, -0.25) is 4.79 Å². The molecular weight excluding hydrogens is 490 g/mol. The first-order valence-corrected chi connectivity index (χ1v) is 9.36. The lowest BCUT2D eigenvalue weighted by molar-refractivity contribution is 0.0657. The maximum atomic E-state index is 13.5. The number of furan rings is 1. The molecule has 2 aromatic rings. The van der Waals surface area contributed by atoms with Gasteiger partial charge in [0.05, 0.1) is 19.4 Å². The van der Waals surface area contributed by atoms with E-state index in [1.54, 1.807) is 29.2 Å². The Hall–Kier alpha value is -2.14. The molecule has 0 aliphatic carbocycles. The molecule has 2 N–H and O–H groups in total. The molecule has 1 aliphatic heterocycles. The zero-order chi connectivity index (χ0) is 19.9. The smallest absolute Gasteiger partial charge is 0.289 e. The van der Waals surface area contributed by atoms with E-state index < -0.39 is 5.82 Å². The van der Waals surface area contributed by atoms with Crippen LogP contribution in [0.1, 0.15) is 28.6 Å². The molecule has 29 heavy (non-hydrogen) atoms. The third-order valence-electron chi connectivity index (χ3n) is 4.63. The molecule has 9 heteroatoms. The molecular formula is C20H26FIN4O3. The summed E-state index contributed by atoms with van der Waals surface area (Å²) in [5.74, 6) is 0.585. The molecule has 1 aliphatic rings. The fraction of sp³-hybridized carbons (Fsp3) is 0.400. The van der Waals surface area contributed by atoms with Crippen LogP contribution in [-0.4, -0.2) is 59.5 Å². The van der Waals surface area contributed by atoms with Crippen LogP contribution < -0.4 is 5.32 Å². The number of hydrogen-bond acceptors (Lipinski definition) is 4. The Bertz CT molecular complexity index is 821. The molecule has 1 saturated heterocycles. The second-order valence-electron chi connectivity index (χ2n) is 6.51. The number of carbonyl (C=O) groups is 1. The van der Waals surface area contributed by atoms with Crippen molar-refractivity contribution in [2.24, 2.45) is 4.99 Å². The predicted octanol–water partition coefficient (Wildman–Crippen LogP) is 2.45. The van der Waals surface area contributed by atoms with Crippen molar-refractivity contribution >= 4 is 35.8 Å². The summed E-state index contributed by atoms with van der Waals surface area (Å²) in [6.45, 7) is 5.22. The van der Waals surface area contributed by atoms with Crippen LogP contribution in [0.4, 0.5) is 4.39 Å². The summed E-state index contributed by atoms with van der Waals surface area (Å²) in [5, 5.41) is 12.5. The zero-order valence-corrected chi connectivity index (χ0v) is 18.6. The summed E-state index contributed by atoms with van der Waals surface area (Å²) in [5.41, 5.74) is 1.09. The number of nitrogens with zero attached hydrogens (tertiary/aromatic N) is 3. The lowest BCUT2D eigenvalue weighted by atomic mass is 10.1. The molecule has 1 fully saturated rings. The van der Waals surface area contributed by atoms with Crippen LogP contribution in [0.25, 0.3) is 0 Å². The van der Waals surface area contributed by atoms with Crippen molar-refractivity contribution in [1.29, 1.82) is 0 Å². The van der Waals surface area contributed by atoms with Gasteiger partial charge >= 0.3 is 0 Å². The van der Waals surface area contributed by atoms with Crippen molar-refractivity contribution in [1.82, 2.24) is 15.1 Å². The van der Waals surface area contributed by atoms with E-state index in [-0.39, 0.29) is 42.1 Å². The molecule has 1 amide bonds. The largest absolute Gasteiger partial charge is 0.459 e. The molecule has 158 valence electrons. The fourth-order valence-electron chi connectivity index (χ4n) is 3.12. The monoisotopic (exact) mass is 516 g/mol. The molecule has 2 heterocycles. The number of aliphatic imine (C=N–C) groups is 1. The van der Waals surface area contributed by atoms with Gasteiger partial charge in [0.25, 0.3) is 5.91 Å². The second-order valence-corrected chi connectivity index (χ2v) is 6.51. The summed E-state index contributed by atoms with van der Waals surface area (Å²) in [6, 6.07) is 8.02. The Morgan fingerprint density at radius 3 is 2.59 bits per heavy atom. The van der Waals surface area contributed by atoms with Gasteiger partial charge in [0, 0.05) is 38.3 Å². The number of aliphatic hydroxyl groups excluding tert-OH is 1. The molecule has 0 radical (unpaired) electrons. The molecule has 0 saturated carbocycles. The topological polar surface area (TPSA) is 81.3 Å². The first-order chi connectivity index (χ1) is 13.6. The average molecular weight is 516 g/mol. The van der Waals surface area contributed by atoms with Crippen molar-refractivity contribution < 1.29 is 18.7 Å². The Morgan fingerprint density at radius 2 is 1.97 bits per heavy atom. The maximum absolute atomic E-state index is 13.5. The molecule has 7 nitrogen and oxygen atoms in total. The van der Waals surface area contributed by atoms with E-state index in [0.29, 0.717) is 38.5 Å². The first kappa shape index (κ1) is 23.1. The van der Waals surface area contributed by atoms with E-state index >= 15 is 0 Å². The quantitative estimate of drug-likeness (QED) is 0.363. The van der Waals surface area contributed by atoms with Gasteiger partial charge < -0.3 is 24.6 Å². The maximum Gasteiger partial charge on any atom is 0.289 e. The van der Waals surface area contributed by atoms with Crippen molar-refractivity contribution in [3.05, 3.63) is 59.3 Å². The van der Waals surface area contributed by atoms with Gasteiger partial charge in [-0.05, 0) is 36.8 Å². The highest BCUT2D eigenvalue weighted by molar-refractivity contribution is 14.0. The minimum Gasteiger partial charge on any atom is -0.459 e. The summed E-state index contributed by atoms with van der Waals surface area (Å²) < 4.78 is 18.7. The van der Waals surface area contributed by atoms with E-state index in [4.69, 9.17) is 4.42 Å². The van der Waals surface area contributed by atoms with E-state index in [2.05, 4.69) is 15.2 Å². The Labute approximate surface area is 186 Å². The number of hydrogen-bond donors (Lipinski definition) is 2. The SMILES string of the molecule is CCNC(=NCc1ccc(F)c(CO)c1)N1CCN(C(=O)c2ccco2)CC1.I. The number of halogens is 2. The predicted molar refractivity (Wildman–Crippen MR) is 119 cm³/mol. The van der Waals surface area contributed by atoms with Crippen LogP contribution in [0.5, 0.6) is 0 Å². The summed E-state index contributed by atoms with van der Waals surface area (Å²) in [4.78, 5) is 20.9. The van der Waals surface area contributed by atoms with Gasteiger partial charge in [0.1, 0.15) is 5.82 Å². The minimum absolute atomic E-state index is 0. The fourth-order valence-corrected chi connectivity index (χ4v) is 3.12. The van der Waals surface area contributed by atoms with Crippen molar-refractivity contribution in [2.75, 3.05) is 32.7 Å². The second kappa shape index (κ2) is 11.1. The normalized spacial score (nSPS) is 14.5. The number of guanidine groups is 1. The van der Waals surface area contributed by atoms with E-state index in [0.717, 1.165) is 18.1 Å². The van der Waals surface area contributed by atoms with Gasteiger partial charge in [0.2, 0.25) is 0 Å². The number of carbonyl (C=O) groups excluding carboxylic acids is 1. The van der Waals surface area contributed by atoms with Gasteiger partial charge in [-0.2, -0.15) is 0 Å². The first-order valence-electron chi connectivity index (χ1n) is 9.36. The lowest BCUT2D eigenvalue weighted by Gasteiger charge is -2.36.